The summed E-state index contributed by atoms with van der Waals surface area (Å²) < 4.78 is 0. The van der Waals surface area contributed by atoms with Gasteiger partial charge in [0.15, 0.2) is 0 Å². The van der Waals surface area contributed by atoms with Gasteiger partial charge in [0.05, 0.1) is 0 Å². The molecule has 6 nitrogen and oxygen atoms in total. The number of carboxylic acid groups (broad SMARTS) is 1. The van der Waals surface area contributed by atoms with Crippen LogP contribution in [0.25, 0.3) is 0 Å². The fourth-order valence-electron chi connectivity index (χ4n) is 2.59. The molecule has 1 aliphatic rings. The third kappa shape index (κ3) is 4.19. The lowest BCUT2D eigenvalue weighted by Crippen LogP contribution is -2.50. The molecule has 2 unspecified atom stereocenters. The number of aliphatic carboxylic acids is 1. The van der Waals surface area contributed by atoms with Crippen molar-refractivity contribution in [2.45, 2.75) is 37.8 Å². The summed E-state index contributed by atoms with van der Waals surface area (Å²) in [4.78, 5) is 22.8. The number of benzene rings is 1. The number of aliphatic hydroxyl groups excluding tert-OH is 1. The Morgan fingerprint density at radius 1 is 1.29 bits per heavy atom. The van der Waals surface area contributed by atoms with E-state index < -0.39 is 18.0 Å². The van der Waals surface area contributed by atoms with E-state index in [0.717, 1.165) is 19.3 Å². The van der Waals surface area contributed by atoms with Crippen LogP contribution in [0, 0.1) is 0 Å². The molecule has 0 heterocycles. The largest absolute Gasteiger partial charge is 0.480 e. The third-order valence-corrected chi connectivity index (χ3v) is 3.70. The van der Waals surface area contributed by atoms with Gasteiger partial charge in [0.1, 0.15) is 6.04 Å². The molecule has 1 aliphatic carbocycles. The Morgan fingerprint density at radius 2 is 2.00 bits per heavy atom. The molecule has 2 rings (SSSR count). The van der Waals surface area contributed by atoms with Crippen LogP contribution in [0.3, 0.4) is 0 Å². The molecular formula is C15H20N2O4. The second kappa shape index (κ2) is 7.08. The molecule has 1 aromatic carbocycles. The third-order valence-electron chi connectivity index (χ3n) is 3.70. The van der Waals surface area contributed by atoms with Crippen molar-refractivity contribution in [3.63, 3.8) is 0 Å². The second-order valence-electron chi connectivity index (χ2n) is 5.23. The zero-order valence-corrected chi connectivity index (χ0v) is 11.7. The second-order valence-corrected chi connectivity index (χ2v) is 5.23. The maximum Gasteiger partial charge on any atom is 0.326 e. The normalized spacial score (nSPS) is 18.4. The van der Waals surface area contributed by atoms with E-state index in [1.54, 1.807) is 0 Å². The molecular weight excluding hydrogens is 272 g/mol. The number of rotatable bonds is 5. The van der Waals surface area contributed by atoms with Gasteiger partial charge >= 0.3 is 12.0 Å². The van der Waals surface area contributed by atoms with E-state index in [0.29, 0.717) is 0 Å². The first kappa shape index (κ1) is 15.3. The van der Waals surface area contributed by atoms with Crippen LogP contribution in [0.1, 0.15) is 24.0 Å². The molecule has 114 valence electrons. The Kier molecular flexibility index (Phi) is 5.16. The molecule has 1 aromatic rings. The maximum absolute atomic E-state index is 11.8. The molecule has 0 spiro atoms. The molecule has 2 amide bonds. The van der Waals surface area contributed by atoms with Gasteiger partial charge in [-0.05, 0) is 30.4 Å². The molecule has 0 saturated heterocycles. The predicted octanol–water partition coefficient (Wildman–Crippen LogP) is 0.679. The van der Waals surface area contributed by atoms with E-state index in [9.17, 15) is 9.59 Å². The summed E-state index contributed by atoms with van der Waals surface area (Å²) in [6.07, 6.45) is 2.49. The van der Waals surface area contributed by atoms with Crippen LogP contribution >= 0.6 is 0 Å². The number of amides is 2. The Labute approximate surface area is 123 Å². The zero-order valence-electron chi connectivity index (χ0n) is 11.7. The number of aliphatic hydroxyl groups is 1. The van der Waals surface area contributed by atoms with Crippen LogP contribution in [0.4, 0.5) is 4.79 Å². The van der Waals surface area contributed by atoms with Gasteiger partial charge in [-0.15, -0.1) is 0 Å². The Bertz CT molecular complexity index is 518. The van der Waals surface area contributed by atoms with Crippen molar-refractivity contribution < 1.29 is 19.8 Å². The average Bonchev–Trinajstić information content (AvgIpc) is 2.46. The van der Waals surface area contributed by atoms with Gasteiger partial charge in [0, 0.05) is 19.1 Å². The summed E-state index contributed by atoms with van der Waals surface area (Å²) in [6.45, 7) is -0.284. The number of carboxylic acids is 1. The Balaban J connectivity index is 1.88. The van der Waals surface area contributed by atoms with E-state index in [4.69, 9.17) is 10.2 Å². The molecule has 0 saturated carbocycles. The van der Waals surface area contributed by atoms with Gasteiger partial charge < -0.3 is 20.8 Å². The number of urea groups is 1. The lowest BCUT2D eigenvalue weighted by atomic mass is 9.88. The summed E-state index contributed by atoms with van der Waals surface area (Å²) in [5, 5.41) is 22.9. The summed E-state index contributed by atoms with van der Waals surface area (Å²) in [7, 11) is 0. The van der Waals surface area contributed by atoms with Crippen LogP contribution in [0.15, 0.2) is 24.3 Å². The minimum atomic E-state index is -1.15. The van der Waals surface area contributed by atoms with Crippen molar-refractivity contribution in [1.82, 2.24) is 10.6 Å². The van der Waals surface area contributed by atoms with Gasteiger partial charge in [-0.25, -0.2) is 9.59 Å². The molecule has 0 fully saturated rings. The van der Waals surface area contributed by atoms with Crippen LogP contribution < -0.4 is 10.6 Å². The van der Waals surface area contributed by atoms with Crippen molar-refractivity contribution in [2.24, 2.45) is 0 Å². The highest BCUT2D eigenvalue weighted by atomic mass is 16.4. The van der Waals surface area contributed by atoms with Gasteiger partial charge in [0.2, 0.25) is 0 Å². The number of aryl methyl sites for hydroxylation is 1. The van der Waals surface area contributed by atoms with Gasteiger partial charge in [-0.1, -0.05) is 24.3 Å². The van der Waals surface area contributed by atoms with E-state index in [1.807, 2.05) is 18.2 Å². The lowest BCUT2D eigenvalue weighted by Gasteiger charge is -2.26. The summed E-state index contributed by atoms with van der Waals surface area (Å²) in [6, 6.07) is 6.56. The van der Waals surface area contributed by atoms with E-state index in [1.165, 1.54) is 11.1 Å². The van der Waals surface area contributed by atoms with Crippen molar-refractivity contribution >= 4 is 12.0 Å². The van der Waals surface area contributed by atoms with Crippen molar-refractivity contribution in [2.75, 3.05) is 6.61 Å². The molecule has 0 aromatic heterocycles. The maximum atomic E-state index is 11.8. The molecule has 6 heteroatoms. The molecule has 21 heavy (non-hydrogen) atoms. The minimum absolute atomic E-state index is 0.00321. The highest BCUT2D eigenvalue weighted by molar-refractivity contribution is 5.82. The first-order valence-corrected chi connectivity index (χ1v) is 7.07. The van der Waals surface area contributed by atoms with Gasteiger partial charge in [-0.3, -0.25) is 0 Å². The van der Waals surface area contributed by atoms with Crippen molar-refractivity contribution in [1.29, 1.82) is 0 Å². The monoisotopic (exact) mass is 292 g/mol. The van der Waals surface area contributed by atoms with Crippen molar-refractivity contribution in [3.8, 4) is 0 Å². The van der Waals surface area contributed by atoms with Gasteiger partial charge in [-0.2, -0.15) is 0 Å². The van der Waals surface area contributed by atoms with E-state index >= 15 is 0 Å². The van der Waals surface area contributed by atoms with E-state index in [-0.39, 0.29) is 19.1 Å². The van der Waals surface area contributed by atoms with E-state index in [2.05, 4.69) is 16.7 Å². The molecule has 2 atom stereocenters. The number of nitrogens with one attached hydrogen (secondary N) is 2. The summed E-state index contributed by atoms with van der Waals surface area (Å²) in [5.41, 5.74) is 2.53. The van der Waals surface area contributed by atoms with Gasteiger partial charge in [0.25, 0.3) is 0 Å². The molecule has 0 bridgehead atoms. The molecule has 4 N–H and O–H groups in total. The highest BCUT2D eigenvalue weighted by Crippen LogP contribution is 2.20. The van der Waals surface area contributed by atoms with Crippen LogP contribution in [0.2, 0.25) is 0 Å². The fraction of sp³-hybridized carbons (Fsp3) is 0.467. The summed E-state index contributed by atoms with van der Waals surface area (Å²) in [5.74, 6) is -1.15. The predicted molar refractivity (Wildman–Crippen MR) is 77.0 cm³/mol. The molecule has 0 aliphatic heterocycles. The SMILES string of the molecule is O=C(NC1CCc2ccccc2C1)NC(CCO)C(=O)O. The minimum Gasteiger partial charge on any atom is -0.480 e. The molecule has 0 radical (unpaired) electrons. The van der Waals surface area contributed by atoms with Crippen molar-refractivity contribution in [3.05, 3.63) is 35.4 Å². The zero-order chi connectivity index (χ0) is 15.2. The number of hydrogen-bond acceptors (Lipinski definition) is 3. The standard InChI is InChI=1S/C15H20N2O4/c18-8-7-13(14(19)20)17-15(21)16-12-6-5-10-3-1-2-4-11(10)9-12/h1-4,12-13,18H,5-9H2,(H,19,20)(H2,16,17,21). The lowest BCUT2D eigenvalue weighted by molar-refractivity contribution is -0.139. The number of fused-ring (bicyclic) bond motifs is 1. The number of carbonyl (C=O) groups excluding carboxylic acids is 1. The summed E-state index contributed by atoms with van der Waals surface area (Å²) >= 11 is 0. The first-order chi connectivity index (χ1) is 10.1. The first-order valence-electron chi connectivity index (χ1n) is 7.07. The average molecular weight is 292 g/mol. The number of hydrogen-bond donors (Lipinski definition) is 4. The Morgan fingerprint density at radius 3 is 2.67 bits per heavy atom. The van der Waals surface area contributed by atoms with Crippen LogP contribution in [-0.4, -0.2) is 40.9 Å². The topological polar surface area (TPSA) is 98.7 Å². The van der Waals surface area contributed by atoms with Crippen LogP contribution in [-0.2, 0) is 17.6 Å². The smallest absolute Gasteiger partial charge is 0.326 e. The highest BCUT2D eigenvalue weighted by Gasteiger charge is 2.23. The quantitative estimate of drug-likeness (QED) is 0.641. The number of carbonyl (C=O) groups is 2. The van der Waals surface area contributed by atoms with Crippen LogP contribution in [0.5, 0.6) is 0 Å². The Hall–Kier alpha value is -2.08. The fourth-order valence-corrected chi connectivity index (χ4v) is 2.59.